The molecule has 0 saturated heterocycles. The van der Waals surface area contributed by atoms with E-state index < -0.39 is 66.9 Å². The summed E-state index contributed by atoms with van der Waals surface area (Å²) in [6, 6.07) is -0.0300. The summed E-state index contributed by atoms with van der Waals surface area (Å²) in [5.74, 6) is -5.77. The van der Waals surface area contributed by atoms with Gasteiger partial charge < -0.3 is 47.8 Å². The number of aliphatic hydroxyl groups is 1. The van der Waals surface area contributed by atoms with E-state index in [1.54, 1.807) is 0 Å². The van der Waals surface area contributed by atoms with Crippen LogP contribution in [-0.2, 0) is 30.4 Å². The number of amides is 3. The highest BCUT2D eigenvalue weighted by Crippen LogP contribution is 2.12. The van der Waals surface area contributed by atoms with Gasteiger partial charge in [-0.25, -0.2) is 4.79 Å². The Hall–Kier alpha value is -3.75. The number of hydrogen-bond donors (Lipinski definition) is 9. The lowest BCUT2D eigenvalue weighted by atomic mass is 10.0. The van der Waals surface area contributed by atoms with E-state index in [0.29, 0.717) is 31.4 Å². The Morgan fingerprint density at radius 1 is 0.833 bits per heavy atom. The van der Waals surface area contributed by atoms with Gasteiger partial charge in [-0.3, -0.25) is 19.2 Å². The van der Waals surface area contributed by atoms with Crippen LogP contribution in [0.5, 0.6) is 5.75 Å². The molecule has 4 atom stereocenters. The molecule has 200 valence electrons. The first kappa shape index (κ1) is 30.3. The van der Waals surface area contributed by atoms with Crippen molar-refractivity contribution in [3.8, 4) is 5.75 Å². The first-order chi connectivity index (χ1) is 17.0. The number of benzene rings is 1. The second-order valence-electron chi connectivity index (χ2n) is 8.06. The van der Waals surface area contributed by atoms with Crippen LogP contribution in [-0.4, -0.2) is 87.4 Å². The van der Waals surface area contributed by atoms with Crippen LogP contribution in [0, 0.1) is 0 Å². The van der Waals surface area contributed by atoms with Crippen molar-refractivity contribution in [1.82, 2.24) is 16.0 Å². The van der Waals surface area contributed by atoms with Crippen LogP contribution in [0.3, 0.4) is 0 Å². The third kappa shape index (κ3) is 10.7. The Kier molecular flexibility index (Phi) is 12.9. The van der Waals surface area contributed by atoms with E-state index in [0.717, 1.165) is 0 Å². The van der Waals surface area contributed by atoms with Crippen molar-refractivity contribution in [2.75, 3.05) is 13.2 Å². The Morgan fingerprint density at radius 3 is 1.92 bits per heavy atom. The number of aromatic hydroxyl groups is 1. The number of nitrogens with two attached hydrogens (primary N) is 2. The number of carboxylic acid groups (broad SMARTS) is 2. The Labute approximate surface area is 207 Å². The van der Waals surface area contributed by atoms with Crippen molar-refractivity contribution in [2.45, 2.75) is 56.3 Å². The lowest BCUT2D eigenvalue weighted by Crippen LogP contribution is -2.58. The van der Waals surface area contributed by atoms with E-state index in [-0.39, 0.29) is 12.2 Å². The number of aliphatic hydroxyl groups excluding tert-OH is 1. The van der Waals surface area contributed by atoms with Gasteiger partial charge >= 0.3 is 11.9 Å². The maximum absolute atomic E-state index is 12.8. The smallest absolute Gasteiger partial charge is 0.326 e. The molecule has 36 heavy (non-hydrogen) atoms. The molecule has 0 heterocycles. The lowest BCUT2D eigenvalue weighted by molar-refractivity contribution is -0.147. The highest BCUT2D eigenvalue weighted by molar-refractivity contribution is 5.94. The van der Waals surface area contributed by atoms with Gasteiger partial charge in [0.05, 0.1) is 19.1 Å². The minimum Gasteiger partial charge on any atom is -0.508 e. The molecule has 11 N–H and O–H groups in total. The predicted octanol–water partition coefficient (Wildman–Crippen LogP) is -2.60. The molecule has 0 bridgehead atoms. The number of phenols is 1. The molecular weight excluding hydrogens is 478 g/mol. The molecule has 3 amide bonds. The Bertz CT molecular complexity index is 910. The van der Waals surface area contributed by atoms with E-state index in [1.165, 1.54) is 24.3 Å². The summed E-state index contributed by atoms with van der Waals surface area (Å²) < 4.78 is 0. The van der Waals surface area contributed by atoms with Crippen LogP contribution in [0.15, 0.2) is 24.3 Å². The average Bonchev–Trinajstić information content (AvgIpc) is 2.82. The van der Waals surface area contributed by atoms with Crippen molar-refractivity contribution in [3.63, 3.8) is 0 Å². The van der Waals surface area contributed by atoms with Gasteiger partial charge in [0.15, 0.2) is 0 Å². The fourth-order valence-electron chi connectivity index (χ4n) is 3.11. The van der Waals surface area contributed by atoms with Gasteiger partial charge in [-0.2, -0.15) is 0 Å². The van der Waals surface area contributed by atoms with Crippen LogP contribution in [0.4, 0.5) is 0 Å². The second-order valence-corrected chi connectivity index (χ2v) is 8.06. The molecule has 1 aromatic carbocycles. The van der Waals surface area contributed by atoms with E-state index in [4.69, 9.17) is 16.6 Å². The Morgan fingerprint density at radius 2 is 1.39 bits per heavy atom. The van der Waals surface area contributed by atoms with Gasteiger partial charge in [0, 0.05) is 6.42 Å². The first-order valence-electron chi connectivity index (χ1n) is 11.2. The molecule has 4 unspecified atom stereocenters. The van der Waals surface area contributed by atoms with Gasteiger partial charge in [-0.05, 0) is 37.1 Å². The minimum atomic E-state index is -1.77. The average molecular weight is 512 g/mol. The standard InChI is InChI=1S/C22H33N5O9/c23-8-2-1-3-14(24)19(32)27-17(11-28)21(34)25-15(9-12-4-6-13(29)7-5-12)20(33)26-16(22(35)36)10-18(30)31/h4-7,14-17,28-29H,1-3,8-11,23-24H2,(H,25,34)(H,26,33)(H,27,32)(H,30,31)(H,35,36). The quantitative estimate of drug-likeness (QED) is 0.104. The number of nitrogens with one attached hydrogen (secondary N) is 3. The van der Waals surface area contributed by atoms with E-state index >= 15 is 0 Å². The molecule has 0 aliphatic carbocycles. The molecule has 0 radical (unpaired) electrons. The highest BCUT2D eigenvalue weighted by Gasteiger charge is 2.31. The van der Waals surface area contributed by atoms with E-state index in [9.17, 15) is 39.3 Å². The zero-order valence-corrected chi connectivity index (χ0v) is 19.6. The monoisotopic (exact) mass is 511 g/mol. The molecule has 0 spiro atoms. The number of unbranched alkanes of at least 4 members (excludes halogenated alkanes) is 1. The van der Waals surface area contributed by atoms with Crippen molar-refractivity contribution < 1.29 is 44.4 Å². The molecule has 0 aromatic heterocycles. The number of aliphatic carboxylic acids is 2. The summed E-state index contributed by atoms with van der Waals surface area (Å²) in [6.07, 6.45) is 0.449. The van der Waals surface area contributed by atoms with Crippen molar-refractivity contribution in [3.05, 3.63) is 29.8 Å². The zero-order valence-electron chi connectivity index (χ0n) is 19.6. The molecule has 1 rings (SSSR count). The number of phenolic OH excluding ortho intramolecular Hbond substituents is 1. The van der Waals surface area contributed by atoms with E-state index in [1.807, 2.05) is 0 Å². The molecule has 0 aliphatic rings. The highest BCUT2D eigenvalue weighted by atomic mass is 16.4. The zero-order chi connectivity index (χ0) is 27.3. The molecule has 0 fully saturated rings. The van der Waals surface area contributed by atoms with Gasteiger partial charge in [0.1, 0.15) is 23.9 Å². The van der Waals surface area contributed by atoms with Crippen LogP contribution in [0.2, 0.25) is 0 Å². The molecule has 14 nitrogen and oxygen atoms in total. The van der Waals surface area contributed by atoms with Crippen molar-refractivity contribution in [1.29, 1.82) is 0 Å². The van der Waals surface area contributed by atoms with Crippen LogP contribution < -0.4 is 27.4 Å². The predicted molar refractivity (Wildman–Crippen MR) is 125 cm³/mol. The summed E-state index contributed by atoms with van der Waals surface area (Å²) in [6.45, 7) is -0.396. The number of carbonyl (C=O) groups is 5. The third-order valence-electron chi connectivity index (χ3n) is 5.12. The second kappa shape index (κ2) is 15.3. The largest absolute Gasteiger partial charge is 0.508 e. The van der Waals surface area contributed by atoms with Crippen molar-refractivity contribution in [2.24, 2.45) is 11.5 Å². The maximum Gasteiger partial charge on any atom is 0.326 e. The van der Waals surface area contributed by atoms with Gasteiger partial charge in [0.2, 0.25) is 17.7 Å². The fraction of sp³-hybridized carbons (Fsp3) is 0.500. The topological polar surface area (TPSA) is 254 Å². The molecule has 1 aromatic rings. The minimum absolute atomic E-state index is 0.0537. The summed E-state index contributed by atoms with van der Waals surface area (Å²) in [7, 11) is 0. The first-order valence-corrected chi connectivity index (χ1v) is 11.2. The van der Waals surface area contributed by atoms with E-state index in [2.05, 4.69) is 16.0 Å². The summed E-state index contributed by atoms with van der Waals surface area (Å²) >= 11 is 0. The van der Waals surface area contributed by atoms with Crippen LogP contribution in [0.1, 0.15) is 31.2 Å². The molecule has 0 aliphatic heterocycles. The number of carboxylic acids is 2. The van der Waals surface area contributed by atoms with Gasteiger partial charge in [-0.15, -0.1) is 0 Å². The van der Waals surface area contributed by atoms with Gasteiger partial charge in [-0.1, -0.05) is 18.6 Å². The van der Waals surface area contributed by atoms with Crippen molar-refractivity contribution >= 4 is 29.7 Å². The number of rotatable bonds is 16. The normalized spacial score (nSPS) is 14.1. The molecule has 14 heteroatoms. The summed E-state index contributed by atoms with van der Waals surface area (Å²) in [5.41, 5.74) is 11.7. The summed E-state index contributed by atoms with van der Waals surface area (Å²) in [5, 5.41) is 43.9. The lowest BCUT2D eigenvalue weighted by Gasteiger charge is -2.24. The third-order valence-corrected chi connectivity index (χ3v) is 5.12. The number of carbonyl (C=O) groups excluding carboxylic acids is 3. The van der Waals surface area contributed by atoms with Crippen LogP contribution >= 0.6 is 0 Å². The Balaban J connectivity index is 3.00. The maximum atomic E-state index is 12.8. The van der Waals surface area contributed by atoms with Crippen LogP contribution in [0.25, 0.3) is 0 Å². The summed E-state index contributed by atoms with van der Waals surface area (Å²) in [4.78, 5) is 60.2. The van der Waals surface area contributed by atoms with Gasteiger partial charge in [0.25, 0.3) is 0 Å². The molecular formula is C22H33N5O9. The number of hydrogen-bond acceptors (Lipinski definition) is 9. The SMILES string of the molecule is NCCCCC(N)C(=O)NC(CO)C(=O)NC(Cc1ccc(O)cc1)C(=O)NC(CC(=O)O)C(=O)O. The molecule has 0 saturated carbocycles. The fourth-order valence-corrected chi connectivity index (χ4v) is 3.11.